The van der Waals surface area contributed by atoms with Crippen LogP contribution in [0.15, 0.2) is 48.5 Å². The van der Waals surface area contributed by atoms with Crippen LogP contribution in [0.1, 0.15) is 58.4 Å². The summed E-state index contributed by atoms with van der Waals surface area (Å²) in [6.45, 7) is 14.1. The summed E-state index contributed by atoms with van der Waals surface area (Å²) < 4.78 is 0. The van der Waals surface area contributed by atoms with Crippen LogP contribution in [0.4, 0.5) is 0 Å². The van der Waals surface area contributed by atoms with E-state index >= 15 is 0 Å². The van der Waals surface area contributed by atoms with Crippen molar-refractivity contribution in [3.05, 3.63) is 93.0 Å². The van der Waals surface area contributed by atoms with Crippen molar-refractivity contribution in [1.82, 2.24) is 0 Å². The molecule has 0 heterocycles. The van der Waals surface area contributed by atoms with Gasteiger partial charge >= 0.3 is 0 Å². The molecule has 0 bridgehead atoms. The summed E-state index contributed by atoms with van der Waals surface area (Å²) in [5.74, 6) is 0. The maximum Gasteiger partial charge on any atom is -0.0175 e. The molecule has 0 unspecified atom stereocenters. The second-order valence-corrected chi connectivity index (χ2v) is 11.6. The summed E-state index contributed by atoms with van der Waals surface area (Å²) >= 11 is 0. The van der Waals surface area contributed by atoms with Crippen molar-refractivity contribution < 1.29 is 0 Å². The summed E-state index contributed by atoms with van der Waals surface area (Å²) in [6.07, 6.45) is 4.84. The summed E-state index contributed by atoms with van der Waals surface area (Å²) in [5, 5.41) is 5.53. The first-order chi connectivity index (χ1) is 15.1. The van der Waals surface area contributed by atoms with E-state index in [-0.39, 0.29) is 0 Å². The average molecular weight is 419 g/mol. The summed E-state index contributed by atoms with van der Waals surface area (Å²) in [4.78, 5) is 0. The van der Waals surface area contributed by atoms with Crippen LogP contribution in [-0.2, 0) is 25.7 Å². The lowest BCUT2D eigenvalue weighted by molar-refractivity contribution is 0.0902. The van der Waals surface area contributed by atoms with Crippen molar-refractivity contribution in [3.63, 3.8) is 0 Å². The van der Waals surface area contributed by atoms with Crippen LogP contribution < -0.4 is 0 Å². The van der Waals surface area contributed by atoms with Gasteiger partial charge in [-0.05, 0) is 142 Å². The van der Waals surface area contributed by atoms with Crippen LogP contribution in [0.5, 0.6) is 0 Å². The van der Waals surface area contributed by atoms with E-state index < -0.39 is 0 Å². The number of benzene rings is 4. The third-order valence-corrected chi connectivity index (χ3v) is 9.32. The van der Waals surface area contributed by atoms with E-state index in [1.165, 1.54) is 69.5 Å². The average Bonchev–Trinajstić information content (AvgIpc) is 3.23. The van der Waals surface area contributed by atoms with E-state index in [2.05, 4.69) is 90.1 Å². The van der Waals surface area contributed by atoms with Gasteiger partial charge in [-0.15, -0.1) is 0 Å². The smallest absolute Gasteiger partial charge is 0.0175 e. The molecule has 0 saturated heterocycles. The molecule has 0 saturated carbocycles. The van der Waals surface area contributed by atoms with Crippen LogP contribution in [0.25, 0.3) is 21.5 Å². The Morgan fingerprint density at radius 2 is 0.688 bits per heavy atom. The molecule has 0 aliphatic heterocycles. The maximum atomic E-state index is 2.56. The molecule has 2 aliphatic carbocycles. The zero-order valence-corrected chi connectivity index (χ0v) is 20.4. The topological polar surface area (TPSA) is 0 Å². The highest BCUT2D eigenvalue weighted by atomic mass is 14.5. The zero-order valence-electron chi connectivity index (χ0n) is 20.4. The second kappa shape index (κ2) is 6.47. The number of hydrogen-bond acceptors (Lipinski definition) is 0. The Labute approximate surface area is 192 Å². The first-order valence-corrected chi connectivity index (χ1v) is 12.2. The monoisotopic (exact) mass is 418 g/mol. The third-order valence-electron chi connectivity index (χ3n) is 9.32. The number of aryl methyl sites for hydroxylation is 4. The van der Waals surface area contributed by atoms with Crippen molar-refractivity contribution in [3.8, 4) is 0 Å². The van der Waals surface area contributed by atoms with E-state index in [4.69, 9.17) is 0 Å². The van der Waals surface area contributed by atoms with Crippen LogP contribution in [-0.4, -0.2) is 0 Å². The predicted octanol–water partition coefficient (Wildman–Crippen LogP) is 8.14. The van der Waals surface area contributed by atoms with Crippen LogP contribution in [0, 0.1) is 38.5 Å². The minimum atomic E-state index is 0.306. The molecule has 32 heavy (non-hydrogen) atoms. The fraction of sp³-hybridized carbons (Fsp3) is 0.375. The molecular weight excluding hydrogens is 384 g/mol. The molecule has 2 aliphatic rings. The van der Waals surface area contributed by atoms with Gasteiger partial charge in [-0.25, -0.2) is 0 Å². The minimum absolute atomic E-state index is 0.306. The Hall–Kier alpha value is -2.60. The normalized spacial score (nSPS) is 18.3. The van der Waals surface area contributed by atoms with Crippen molar-refractivity contribution >= 4 is 21.5 Å². The van der Waals surface area contributed by atoms with E-state index in [0.717, 1.165) is 0 Å². The van der Waals surface area contributed by atoms with Gasteiger partial charge < -0.3 is 0 Å². The molecule has 0 fully saturated rings. The highest BCUT2D eigenvalue weighted by Gasteiger charge is 2.50. The standard InChI is InChI=1S/C32H34/c1-19-7-23-11-25-13-29-17-32(6,18-30(29)14-26(25)12-24(23)8-20(19)2)31(5)15-27-9-21(3)22(4)10-28(27)16-31/h7-14H,15-18H2,1-6H3. The van der Waals surface area contributed by atoms with Gasteiger partial charge in [0.05, 0.1) is 0 Å². The van der Waals surface area contributed by atoms with Gasteiger partial charge in [0.2, 0.25) is 0 Å². The lowest BCUT2D eigenvalue weighted by Crippen LogP contribution is -2.39. The Bertz CT molecular complexity index is 1330. The number of hydrogen-bond donors (Lipinski definition) is 0. The Morgan fingerprint density at radius 1 is 0.406 bits per heavy atom. The molecule has 0 heteroatoms. The second-order valence-electron chi connectivity index (χ2n) is 11.6. The summed E-state index contributed by atoms with van der Waals surface area (Å²) in [5.41, 5.74) is 12.6. The zero-order chi connectivity index (χ0) is 22.4. The number of rotatable bonds is 1. The van der Waals surface area contributed by atoms with Gasteiger partial charge in [0.1, 0.15) is 0 Å². The van der Waals surface area contributed by atoms with E-state index in [9.17, 15) is 0 Å². The molecule has 0 aromatic heterocycles. The van der Waals surface area contributed by atoms with Gasteiger partial charge in [-0.1, -0.05) is 50.2 Å². The van der Waals surface area contributed by atoms with Crippen molar-refractivity contribution in [2.75, 3.05) is 0 Å². The molecule has 6 rings (SSSR count). The SMILES string of the molecule is Cc1cc2c(cc1C)CC(C)(C1(C)Cc3cc4cc5cc(C)c(C)cc5cc4cc3C1)C2. The minimum Gasteiger partial charge on any atom is -0.0585 e. The highest BCUT2D eigenvalue weighted by molar-refractivity contribution is 5.99. The third kappa shape index (κ3) is 2.81. The van der Waals surface area contributed by atoms with Gasteiger partial charge in [0.25, 0.3) is 0 Å². The fourth-order valence-corrected chi connectivity index (χ4v) is 6.68. The molecule has 4 aromatic rings. The van der Waals surface area contributed by atoms with E-state index in [0.29, 0.717) is 10.8 Å². The molecular formula is C32H34. The van der Waals surface area contributed by atoms with Gasteiger partial charge in [-0.3, -0.25) is 0 Å². The van der Waals surface area contributed by atoms with E-state index in [1.54, 1.807) is 22.3 Å². The van der Waals surface area contributed by atoms with Crippen LogP contribution in [0.2, 0.25) is 0 Å². The Balaban J connectivity index is 1.40. The van der Waals surface area contributed by atoms with Crippen molar-refractivity contribution in [2.24, 2.45) is 10.8 Å². The van der Waals surface area contributed by atoms with Gasteiger partial charge in [0.15, 0.2) is 0 Å². The molecule has 0 spiro atoms. The Morgan fingerprint density at radius 3 is 1.06 bits per heavy atom. The first-order valence-electron chi connectivity index (χ1n) is 12.2. The molecule has 162 valence electrons. The molecule has 0 amide bonds. The predicted molar refractivity (Wildman–Crippen MR) is 138 cm³/mol. The quantitative estimate of drug-likeness (QED) is 0.274. The lowest BCUT2D eigenvalue weighted by Gasteiger charge is -2.42. The largest absolute Gasteiger partial charge is 0.0585 e. The summed E-state index contributed by atoms with van der Waals surface area (Å²) in [7, 11) is 0. The van der Waals surface area contributed by atoms with Crippen LogP contribution >= 0.6 is 0 Å². The molecule has 0 atom stereocenters. The van der Waals surface area contributed by atoms with Gasteiger partial charge in [-0.2, -0.15) is 0 Å². The molecule has 0 nitrogen and oxygen atoms in total. The van der Waals surface area contributed by atoms with E-state index in [1.807, 2.05) is 0 Å². The molecule has 0 radical (unpaired) electrons. The van der Waals surface area contributed by atoms with Gasteiger partial charge in [0, 0.05) is 0 Å². The fourth-order valence-electron chi connectivity index (χ4n) is 6.68. The molecule has 4 aromatic carbocycles. The summed E-state index contributed by atoms with van der Waals surface area (Å²) in [6, 6.07) is 19.5. The van der Waals surface area contributed by atoms with Crippen LogP contribution in [0.3, 0.4) is 0 Å². The highest BCUT2D eigenvalue weighted by Crippen LogP contribution is 2.56. The maximum absolute atomic E-state index is 2.56. The lowest BCUT2D eigenvalue weighted by atomic mass is 9.62. The molecule has 0 N–H and O–H groups in total. The van der Waals surface area contributed by atoms with Crippen molar-refractivity contribution in [1.29, 1.82) is 0 Å². The number of fused-ring (bicyclic) bond motifs is 4. The first kappa shape index (κ1) is 20.0. The van der Waals surface area contributed by atoms with Crippen molar-refractivity contribution in [2.45, 2.75) is 67.2 Å². The Kier molecular flexibility index (Phi) is 4.05.